The van der Waals surface area contributed by atoms with Gasteiger partial charge in [-0.3, -0.25) is 4.79 Å². The van der Waals surface area contributed by atoms with E-state index in [9.17, 15) is 4.79 Å². The second kappa shape index (κ2) is 4.52. The topological polar surface area (TPSA) is 50.1 Å². The van der Waals surface area contributed by atoms with Crippen molar-refractivity contribution in [3.05, 3.63) is 0 Å². The van der Waals surface area contributed by atoms with Gasteiger partial charge in [0.1, 0.15) is 0 Å². The Labute approximate surface area is 82.4 Å². The minimum atomic E-state index is -0.179. The van der Waals surface area contributed by atoms with Gasteiger partial charge in [0, 0.05) is 5.75 Å². The predicted molar refractivity (Wildman–Crippen MR) is 51.2 cm³/mol. The number of carbonyl (C=O) groups excluding carboxylic acids is 1. The van der Waals surface area contributed by atoms with Gasteiger partial charge in [-0.15, -0.1) is 11.8 Å². The number of ether oxygens (including phenoxy) is 1. The number of nitrogens with zero attached hydrogens (tertiary/aromatic N) is 1. The van der Waals surface area contributed by atoms with Crippen molar-refractivity contribution in [2.75, 3.05) is 18.1 Å². The quantitative estimate of drug-likeness (QED) is 0.631. The van der Waals surface area contributed by atoms with Crippen LogP contribution < -0.4 is 0 Å². The summed E-state index contributed by atoms with van der Waals surface area (Å²) in [5.74, 6) is 0.959. The summed E-state index contributed by atoms with van der Waals surface area (Å²) in [6.07, 6.45) is 1.97. The van der Waals surface area contributed by atoms with E-state index in [1.807, 2.05) is 0 Å². The van der Waals surface area contributed by atoms with Crippen molar-refractivity contribution in [1.29, 1.82) is 5.26 Å². The summed E-state index contributed by atoms with van der Waals surface area (Å²) in [6, 6.07) is 2.29. The van der Waals surface area contributed by atoms with Crippen LogP contribution >= 0.6 is 11.8 Å². The van der Waals surface area contributed by atoms with E-state index in [4.69, 9.17) is 10.00 Å². The number of thioether (sulfide) groups is 1. The minimum Gasteiger partial charge on any atom is -0.465 e. The number of hydrogen-bond donors (Lipinski definition) is 0. The molecular formula is C9H13NO2S. The van der Waals surface area contributed by atoms with Crippen molar-refractivity contribution in [3.8, 4) is 6.07 Å². The second-order valence-electron chi connectivity index (χ2n) is 3.19. The second-order valence-corrected chi connectivity index (χ2v) is 4.18. The average Bonchev–Trinajstić information content (AvgIpc) is 2.86. The van der Waals surface area contributed by atoms with Crippen LogP contribution in [0.4, 0.5) is 0 Å². The van der Waals surface area contributed by atoms with Gasteiger partial charge in [0.15, 0.2) is 0 Å². The fraction of sp³-hybridized carbons (Fsp3) is 0.778. The molecule has 1 aliphatic carbocycles. The molecule has 3 nitrogen and oxygen atoms in total. The number of rotatable bonds is 5. The molecule has 72 valence electrons. The van der Waals surface area contributed by atoms with E-state index in [-0.39, 0.29) is 11.4 Å². The normalized spacial score (nSPS) is 17.5. The van der Waals surface area contributed by atoms with Gasteiger partial charge in [-0.2, -0.15) is 5.26 Å². The summed E-state index contributed by atoms with van der Waals surface area (Å²) in [6.45, 7) is 2.23. The lowest BCUT2D eigenvalue weighted by atomic mass is 10.2. The molecule has 0 unspecified atom stereocenters. The molecule has 1 rings (SSSR count). The van der Waals surface area contributed by atoms with E-state index in [1.165, 1.54) is 11.8 Å². The maximum atomic E-state index is 10.9. The van der Waals surface area contributed by atoms with Crippen LogP contribution in [0, 0.1) is 16.7 Å². The molecule has 0 amide bonds. The van der Waals surface area contributed by atoms with E-state index < -0.39 is 0 Å². The van der Waals surface area contributed by atoms with Crippen LogP contribution in [0.15, 0.2) is 0 Å². The van der Waals surface area contributed by atoms with E-state index in [0.717, 1.165) is 18.6 Å². The van der Waals surface area contributed by atoms with Gasteiger partial charge in [0.2, 0.25) is 0 Å². The molecule has 0 spiro atoms. The lowest BCUT2D eigenvalue weighted by Gasteiger charge is -2.04. The van der Waals surface area contributed by atoms with Crippen molar-refractivity contribution in [2.24, 2.45) is 5.41 Å². The molecular weight excluding hydrogens is 186 g/mol. The van der Waals surface area contributed by atoms with Gasteiger partial charge in [-0.05, 0) is 19.8 Å². The van der Waals surface area contributed by atoms with Crippen LogP contribution in [0.3, 0.4) is 0 Å². The number of nitriles is 1. The molecule has 13 heavy (non-hydrogen) atoms. The summed E-state index contributed by atoms with van der Waals surface area (Å²) < 4.78 is 4.77. The lowest BCUT2D eigenvalue weighted by Crippen LogP contribution is -2.09. The third-order valence-corrected chi connectivity index (χ3v) is 3.19. The van der Waals surface area contributed by atoms with Gasteiger partial charge in [-0.25, -0.2) is 0 Å². The highest BCUT2D eigenvalue weighted by Gasteiger charge is 2.42. The summed E-state index contributed by atoms with van der Waals surface area (Å²) in [5, 5.41) is 8.75. The number of carbonyl (C=O) groups is 1. The third kappa shape index (κ3) is 3.27. The first-order chi connectivity index (χ1) is 6.22. The zero-order valence-electron chi connectivity index (χ0n) is 7.71. The SMILES string of the molecule is CCOC(=O)CSCC1(C#N)CC1. The van der Waals surface area contributed by atoms with E-state index in [1.54, 1.807) is 6.92 Å². The zero-order valence-corrected chi connectivity index (χ0v) is 8.52. The fourth-order valence-electron chi connectivity index (χ4n) is 0.972. The molecule has 1 saturated carbocycles. The first-order valence-corrected chi connectivity index (χ1v) is 5.52. The lowest BCUT2D eigenvalue weighted by molar-refractivity contribution is -0.139. The Kier molecular flexibility index (Phi) is 3.61. The van der Waals surface area contributed by atoms with Gasteiger partial charge >= 0.3 is 5.97 Å². The van der Waals surface area contributed by atoms with Crippen LogP contribution in [0.25, 0.3) is 0 Å². The molecule has 0 radical (unpaired) electrons. The molecule has 0 aromatic rings. The van der Waals surface area contributed by atoms with E-state index in [2.05, 4.69) is 6.07 Å². The largest absolute Gasteiger partial charge is 0.465 e. The Hall–Kier alpha value is -0.690. The van der Waals surface area contributed by atoms with Crippen molar-refractivity contribution in [1.82, 2.24) is 0 Å². The Morgan fingerprint density at radius 1 is 1.69 bits per heavy atom. The molecule has 4 heteroatoms. The first kappa shape index (κ1) is 10.4. The highest BCUT2D eigenvalue weighted by Crippen LogP contribution is 2.47. The highest BCUT2D eigenvalue weighted by molar-refractivity contribution is 7.99. The van der Waals surface area contributed by atoms with E-state index in [0.29, 0.717) is 12.4 Å². The van der Waals surface area contributed by atoms with Crippen LogP contribution in [-0.2, 0) is 9.53 Å². The van der Waals surface area contributed by atoms with Gasteiger partial charge in [0.25, 0.3) is 0 Å². The Morgan fingerprint density at radius 2 is 2.38 bits per heavy atom. The van der Waals surface area contributed by atoms with Crippen molar-refractivity contribution < 1.29 is 9.53 Å². The Balaban J connectivity index is 2.08. The summed E-state index contributed by atoms with van der Waals surface area (Å²) >= 11 is 1.50. The maximum absolute atomic E-state index is 10.9. The van der Waals surface area contributed by atoms with Gasteiger partial charge < -0.3 is 4.74 Å². The fourth-order valence-corrected chi connectivity index (χ4v) is 2.07. The van der Waals surface area contributed by atoms with Crippen LogP contribution in [0.2, 0.25) is 0 Å². The maximum Gasteiger partial charge on any atom is 0.315 e. The molecule has 0 bridgehead atoms. The standard InChI is InChI=1S/C9H13NO2S/c1-2-12-8(11)5-13-7-9(6-10)3-4-9/h2-5,7H2,1H3. The highest BCUT2D eigenvalue weighted by atomic mass is 32.2. The molecule has 0 heterocycles. The average molecular weight is 199 g/mol. The monoisotopic (exact) mass is 199 g/mol. The first-order valence-electron chi connectivity index (χ1n) is 4.37. The van der Waals surface area contributed by atoms with Crippen LogP contribution in [0.1, 0.15) is 19.8 Å². The summed E-state index contributed by atoms with van der Waals surface area (Å²) in [5.41, 5.74) is -0.114. The van der Waals surface area contributed by atoms with Gasteiger partial charge in [0.05, 0.1) is 23.8 Å². The van der Waals surface area contributed by atoms with Crippen LogP contribution in [-0.4, -0.2) is 24.1 Å². The molecule has 0 N–H and O–H groups in total. The van der Waals surface area contributed by atoms with Crippen molar-refractivity contribution in [3.63, 3.8) is 0 Å². The van der Waals surface area contributed by atoms with Gasteiger partial charge in [-0.1, -0.05) is 0 Å². The number of hydrogen-bond acceptors (Lipinski definition) is 4. The smallest absolute Gasteiger partial charge is 0.315 e. The summed E-state index contributed by atoms with van der Waals surface area (Å²) in [4.78, 5) is 10.9. The summed E-state index contributed by atoms with van der Waals surface area (Å²) in [7, 11) is 0. The minimum absolute atomic E-state index is 0.114. The van der Waals surface area contributed by atoms with Crippen LogP contribution in [0.5, 0.6) is 0 Å². The Morgan fingerprint density at radius 3 is 2.85 bits per heavy atom. The number of esters is 1. The Bertz CT molecular complexity index is 230. The van der Waals surface area contributed by atoms with E-state index >= 15 is 0 Å². The molecule has 0 atom stereocenters. The molecule has 0 aliphatic heterocycles. The molecule has 0 saturated heterocycles. The zero-order chi connectivity index (χ0) is 9.73. The molecule has 1 aliphatic rings. The predicted octanol–water partition coefficient (Wildman–Crippen LogP) is 1.59. The van der Waals surface area contributed by atoms with Crippen molar-refractivity contribution in [2.45, 2.75) is 19.8 Å². The molecule has 0 aromatic heterocycles. The van der Waals surface area contributed by atoms with Crippen molar-refractivity contribution >= 4 is 17.7 Å². The molecule has 1 fully saturated rings. The molecule has 0 aromatic carbocycles. The third-order valence-electron chi connectivity index (χ3n) is 1.99.